The van der Waals surface area contributed by atoms with Gasteiger partial charge in [0.05, 0.1) is 12.3 Å². The van der Waals surface area contributed by atoms with Gasteiger partial charge in [-0.3, -0.25) is 4.98 Å². The number of nitrogens with zero attached hydrogens (tertiary/aromatic N) is 1. The van der Waals surface area contributed by atoms with Gasteiger partial charge in [-0.05, 0) is 36.8 Å². The minimum absolute atomic E-state index is 0.269. The normalized spacial score (nSPS) is 9.85. The summed E-state index contributed by atoms with van der Waals surface area (Å²) in [6.45, 7) is 2.91. The highest BCUT2D eigenvalue weighted by Crippen LogP contribution is 2.23. The molecule has 0 radical (unpaired) electrons. The van der Waals surface area contributed by atoms with Crippen molar-refractivity contribution in [3.05, 3.63) is 54.4 Å². The molecule has 2 rings (SSSR count). The van der Waals surface area contributed by atoms with Gasteiger partial charge in [0.15, 0.2) is 0 Å². The number of amides is 2. The van der Waals surface area contributed by atoms with E-state index in [1.165, 1.54) is 0 Å². The lowest BCUT2D eigenvalue weighted by Gasteiger charge is -2.12. The molecule has 0 saturated carbocycles. The van der Waals surface area contributed by atoms with Crippen LogP contribution in [0, 0.1) is 0 Å². The fraction of sp³-hybridized carbons (Fsp3) is 0.200. The number of anilines is 1. The van der Waals surface area contributed by atoms with E-state index in [9.17, 15) is 4.79 Å². The molecule has 5 heteroatoms. The van der Waals surface area contributed by atoms with Crippen LogP contribution in [0.2, 0.25) is 0 Å². The first-order valence-corrected chi connectivity index (χ1v) is 6.45. The van der Waals surface area contributed by atoms with Crippen LogP contribution in [0.3, 0.4) is 0 Å². The van der Waals surface area contributed by atoms with E-state index in [1.54, 1.807) is 18.5 Å². The van der Waals surface area contributed by atoms with E-state index >= 15 is 0 Å². The van der Waals surface area contributed by atoms with Gasteiger partial charge in [0, 0.05) is 18.9 Å². The summed E-state index contributed by atoms with van der Waals surface area (Å²) in [6, 6.07) is 10.8. The molecule has 0 bridgehead atoms. The summed E-state index contributed by atoms with van der Waals surface area (Å²) in [6.07, 6.45) is 3.39. The predicted molar refractivity (Wildman–Crippen MR) is 77.7 cm³/mol. The Morgan fingerprint density at radius 2 is 1.95 bits per heavy atom. The number of benzene rings is 1. The second-order valence-corrected chi connectivity index (χ2v) is 4.09. The second-order valence-electron chi connectivity index (χ2n) is 4.09. The standard InChI is InChI=1S/C15H17N3O2/c1-2-20-14-6-4-3-5-13(14)18-15(19)17-11-12-7-9-16-10-8-12/h3-10H,2,11H2,1H3,(H2,17,18,19). The van der Waals surface area contributed by atoms with Gasteiger partial charge in [-0.15, -0.1) is 0 Å². The first-order chi connectivity index (χ1) is 9.79. The number of hydrogen-bond acceptors (Lipinski definition) is 3. The molecule has 2 aromatic rings. The van der Waals surface area contributed by atoms with Crippen LogP contribution in [0.5, 0.6) is 5.75 Å². The number of pyridine rings is 1. The Balaban J connectivity index is 1.91. The van der Waals surface area contributed by atoms with Crippen molar-refractivity contribution in [1.82, 2.24) is 10.3 Å². The molecule has 0 atom stereocenters. The zero-order valence-electron chi connectivity index (χ0n) is 11.3. The molecule has 1 heterocycles. The van der Waals surface area contributed by atoms with E-state index in [-0.39, 0.29) is 6.03 Å². The highest BCUT2D eigenvalue weighted by Gasteiger charge is 2.06. The number of hydrogen-bond donors (Lipinski definition) is 2. The monoisotopic (exact) mass is 271 g/mol. The fourth-order valence-electron chi connectivity index (χ4n) is 1.70. The van der Waals surface area contributed by atoms with Crippen LogP contribution in [0.1, 0.15) is 12.5 Å². The minimum atomic E-state index is -0.269. The zero-order chi connectivity index (χ0) is 14.2. The van der Waals surface area contributed by atoms with Gasteiger partial charge in [0.2, 0.25) is 0 Å². The molecule has 0 fully saturated rings. The van der Waals surface area contributed by atoms with Gasteiger partial charge in [0.1, 0.15) is 5.75 Å². The van der Waals surface area contributed by atoms with Crippen LogP contribution in [0.15, 0.2) is 48.8 Å². The maximum Gasteiger partial charge on any atom is 0.319 e. The van der Waals surface area contributed by atoms with Gasteiger partial charge >= 0.3 is 6.03 Å². The van der Waals surface area contributed by atoms with Gasteiger partial charge in [-0.1, -0.05) is 12.1 Å². The Morgan fingerprint density at radius 3 is 2.70 bits per heavy atom. The maximum absolute atomic E-state index is 11.8. The predicted octanol–water partition coefficient (Wildman–Crippen LogP) is 2.80. The average Bonchev–Trinajstić information content (AvgIpc) is 2.49. The molecule has 1 aromatic heterocycles. The van der Waals surface area contributed by atoms with E-state index in [4.69, 9.17) is 4.74 Å². The van der Waals surface area contributed by atoms with E-state index in [0.717, 1.165) is 5.56 Å². The highest BCUT2D eigenvalue weighted by molar-refractivity contribution is 5.90. The van der Waals surface area contributed by atoms with Crippen LogP contribution in [-0.2, 0) is 6.54 Å². The Hall–Kier alpha value is -2.56. The van der Waals surface area contributed by atoms with Crippen molar-refractivity contribution < 1.29 is 9.53 Å². The molecule has 1 aromatic carbocycles. The van der Waals surface area contributed by atoms with Crippen molar-refractivity contribution in [1.29, 1.82) is 0 Å². The third kappa shape index (κ3) is 3.98. The Bertz CT molecular complexity index is 558. The summed E-state index contributed by atoms with van der Waals surface area (Å²) in [5.74, 6) is 0.661. The lowest BCUT2D eigenvalue weighted by Crippen LogP contribution is -2.28. The zero-order valence-corrected chi connectivity index (χ0v) is 11.3. The Morgan fingerprint density at radius 1 is 1.20 bits per heavy atom. The maximum atomic E-state index is 11.8. The third-order valence-electron chi connectivity index (χ3n) is 2.64. The second kappa shape index (κ2) is 7.13. The molecule has 0 unspecified atom stereocenters. The summed E-state index contributed by atoms with van der Waals surface area (Å²) in [7, 11) is 0. The minimum Gasteiger partial charge on any atom is -0.492 e. The summed E-state index contributed by atoms with van der Waals surface area (Å²) in [5, 5.41) is 5.56. The molecule has 0 aliphatic heterocycles. The Kier molecular flexibility index (Phi) is 4.94. The van der Waals surface area contributed by atoms with Gasteiger partial charge in [0.25, 0.3) is 0 Å². The van der Waals surface area contributed by atoms with Crippen molar-refractivity contribution in [2.45, 2.75) is 13.5 Å². The number of carbonyl (C=O) groups excluding carboxylic acids is 1. The van der Waals surface area contributed by atoms with Crippen molar-refractivity contribution in [3.63, 3.8) is 0 Å². The lowest BCUT2D eigenvalue weighted by molar-refractivity contribution is 0.251. The molecule has 0 aliphatic rings. The van der Waals surface area contributed by atoms with Gasteiger partial charge in [-0.2, -0.15) is 0 Å². The number of rotatable bonds is 5. The first kappa shape index (κ1) is 13.9. The van der Waals surface area contributed by atoms with Crippen LogP contribution in [-0.4, -0.2) is 17.6 Å². The van der Waals surface area contributed by atoms with Crippen molar-refractivity contribution in [3.8, 4) is 5.75 Å². The molecular weight excluding hydrogens is 254 g/mol. The SMILES string of the molecule is CCOc1ccccc1NC(=O)NCc1ccncc1. The topological polar surface area (TPSA) is 63.2 Å². The van der Waals surface area contributed by atoms with Gasteiger partial charge in [-0.25, -0.2) is 4.79 Å². The first-order valence-electron chi connectivity index (χ1n) is 6.45. The molecule has 0 saturated heterocycles. The third-order valence-corrected chi connectivity index (χ3v) is 2.64. The Labute approximate surface area is 118 Å². The average molecular weight is 271 g/mol. The number of nitrogens with one attached hydrogen (secondary N) is 2. The molecule has 104 valence electrons. The van der Waals surface area contributed by atoms with E-state index in [0.29, 0.717) is 24.6 Å². The van der Waals surface area contributed by atoms with E-state index in [2.05, 4.69) is 15.6 Å². The van der Waals surface area contributed by atoms with Crippen molar-refractivity contribution in [2.24, 2.45) is 0 Å². The quantitative estimate of drug-likeness (QED) is 0.879. The largest absolute Gasteiger partial charge is 0.492 e. The summed E-state index contributed by atoms with van der Waals surface area (Å²) >= 11 is 0. The summed E-state index contributed by atoms with van der Waals surface area (Å²) in [4.78, 5) is 15.8. The summed E-state index contributed by atoms with van der Waals surface area (Å²) in [5.41, 5.74) is 1.65. The van der Waals surface area contributed by atoms with E-state index < -0.39 is 0 Å². The number of urea groups is 1. The number of para-hydroxylation sites is 2. The van der Waals surface area contributed by atoms with E-state index in [1.807, 2.05) is 37.3 Å². The molecular formula is C15H17N3O2. The molecule has 2 N–H and O–H groups in total. The summed E-state index contributed by atoms with van der Waals surface area (Å²) < 4.78 is 5.45. The van der Waals surface area contributed by atoms with Gasteiger partial charge < -0.3 is 15.4 Å². The van der Waals surface area contributed by atoms with Crippen LogP contribution in [0.4, 0.5) is 10.5 Å². The molecule has 0 spiro atoms. The number of ether oxygens (including phenoxy) is 1. The molecule has 2 amide bonds. The molecule has 20 heavy (non-hydrogen) atoms. The lowest BCUT2D eigenvalue weighted by atomic mass is 10.3. The van der Waals surface area contributed by atoms with Crippen LogP contribution < -0.4 is 15.4 Å². The van der Waals surface area contributed by atoms with Crippen molar-refractivity contribution >= 4 is 11.7 Å². The van der Waals surface area contributed by atoms with Crippen molar-refractivity contribution in [2.75, 3.05) is 11.9 Å². The van der Waals surface area contributed by atoms with Crippen LogP contribution >= 0.6 is 0 Å². The highest BCUT2D eigenvalue weighted by atomic mass is 16.5. The van der Waals surface area contributed by atoms with Crippen LogP contribution in [0.25, 0.3) is 0 Å². The fourth-order valence-corrected chi connectivity index (χ4v) is 1.70. The molecule has 5 nitrogen and oxygen atoms in total. The number of carbonyl (C=O) groups is 1. The number of aromatic nitrogens is 1. The molecule has 0 aliphatic carbocycles. The smallest absolute Gasteiger partial charge is 0.319 e.